The highest BCUT2D eigenvalue weighted by Gasteiger charge is 2.39. The fraction of sp³-hybridized carbons (Fsp3) is 0.810. The Kier molecular flexibility index (Phi) is 7.76. The Bertz CT molecular complexity index is 549. The molecule has 1 fully saturated rings. The van der Waals surface area contributed by atoms with Gasteiger partial charge in [-0.25, -0.2) is 4.79 Å². The Balaban J connectivity index is 2.99. The van der Waals surface area contributed by atoms with E-state index in [2.05, 4.69) is 39.6 Å². The van der Waals surface area contributed by atoms with Crippen molar-refractivity contribution in [3.63, 3.8) is 0 Å². The molecule has 0 saturated carbocycles. The lowest BCUT2D eigenvalue weighted by atomic mass is 9.96. The lowest BCUT2D eigenvalue weighted by Crippen LogP contribution is -2.48. The number of piperidine rings is 1. The molecular weight excluding hydrogens is 342 g/mol. The molecule has 1 unspecified atom stereocenters. The van der Waals surface area contributed by atoms with Gasteiger partial charge in [-0.1, -0.05) is 20.8 Å². The molecule has 1 amide bonds. The zero-order valence-electron chi connectivity index (χ0n) is 18.4. The molecule has 0 aromatic carbocycles. The highest BCUT2D eigenvalue weighted by Crippen LogP contribution is 2.37. The molecule has 4 nitrogen and oxygen atoms in total. The van der Waals surface area contributed by atoms with Crippen LogP contribution < -0.4 is 0 Å². The fourth-order valence-electron chi connectivity index (χ4n) is 2.73. The maximum Gasteiger partial charge on any atom is 0.410 e. The van der Waals surface area contributed by atoms with Gasteiger partial charge in [-0.15, -0.1) is 5.73 Å². The molecule has 5 heteroatoms. The third kappa shape index (κ3) is 6.60. The van der Waals surface area contributed by atoms with Crippen molar-refractivity contribution >= 4 is 14.4 Å². The van der Waals surface area contributed by atoms with Crippen LogP contribution in [0.15, 0.2) is 17.4 Å². The van der Waals surface area contributed by atoms with Gasteiger partial charge < -0.3 is 14.1 Å². The Morgan fingerprint density at radius 2 is 1.81 bits per heavy atom. The first-order valence-corrected chi connectivity index (χ1v) is 12.7. The van der Waals surface area contributed by atoms with Crippen molar-refractivity contribution in [2.45, 2.75) is 97.5 Å². The van der Waals surface area contributed by atoms with Crippen LogP contribution in [0, 0.1) is 0 Å². The summed E-state index contributed by atoms with van der Waals surface area (Å²) in [6, 6.07) is 0.0135. The van der Waals surface area contributed by atoms with Gasteiger partial charge in [-0.2, -0.15) is 0 Å². The average molecular weight is 382 g/mol. The first-order valence-electron chi connectivity index (χ1n) is 9.82. The first-order chi connectivity index (χ1) is 11.8. The van der Waals surface area contributed by atoms with Gasteiger partial charge in [0.05, 0.1) is 12.6 Å². The Labute approximate surface area is 161 Å². The molecule has 0 radical (unpaired) electrons. The maximum atomic E-state index is 12.7. The van der Waals surface area contributed by atoms with Crippen LogP contribution in [0.3, 0.4) is 0 Å². The van der Waals surface area contributed by atoms with E-state index in [1.54, 1.807) is 0 Å². The molecule has 0 spiro atoms. The molecule has 0 bridgehead atoms. The quantitative estimate of drug-likeness (QED) is 0.449. The van der Waals surface area contributed by atoms with E-state index in [9.17, 15) is 4.79 Å². The van der Waals surface area contributed by atoms with Gasteiger partial charge in [0.2, 0.25) is 0 Å². The third-order valence-electron chi connectivity index (χ3n) is 5.26. The average Bonchev–Trinajstić information content (AvgIpc) is 2.48. The van der Waals surface area contributed by atoms with Crippen LogP contribution in [0.5, 0.6) is 0 Å². The molecule has 1 heterocycles. The number of amides is 1. The molecule has 150 valence electrons. The lowest BCUT2D eigenvalue weighted by molar-refractivity contribution is 0.0130. The van der Waals surface area contributed by atoms with Crippen LogP contribution in [0.25, 0.3) is 0 Å². The minimum atomic E-state index is -1.86. The van der Waals surface area contributed by atoms with E-state index < -0.39 is 13.9 Å². The van der Waals surface area contributed by atoms with E-state index in [0.717, 1.165) is 31.4 Å². The first kappa shape index (κ1) is 23.0. The number of rotatable bonds is 4. The van der Waals surface area contributed by atoms with Gasteiger partial charge in [0, 0.05) is 12.1 Å². The topological polar surface area (TPSA) is 38.8 Å². The Morgan fingerprint density at radius 1 is 1.19 bits per heavy atom. The molecule has 1 atom stereocenters. The standard InChI is InChI=1S/C21H39NO3Si/c1-10-13-17(16-24-26(8,9)21(5,6)7)18-14-11-12-15-22(18)19(23)25-20(2,3)4/h10,18H,11-12,14-16H2,1-9H3. The van der Waals surface area contributed by atoms with Gasteiger partial charge >= 0.3 is 6.09 Å². The van der Waals surface area contributed by atoms with E-state index in [1.807, 2.05) is 38.7 Å². The Hall–Kier alpha value is -1.03. The summed E-state index contributed by atoms with van der Waals surface area (Å²) in [5, 5.41) is 0.158. The summed E-state index contributed by atoms with van der Waals surface area (Å²) in [6.07, 6.45) is 4.76. The molecule has 0 aliphatic carbocycles. The van der Waals surface area contributed by atoms with Crippen molar-refractivity contribution in [1.29, 1.82) is 0 Å². The van der Waals surface area contributed by atoms with Crippen LogP contribution in [0.4, 0.5) is 4.79 Å². The molecule has 1 aliphatic rings. The normalized spacial score (nSPS) is 19.0. The molecule has 1 aliphatic heterocycles. The van der Waals surface area contributed by atoms with E-state index in [4.69, 9.17) is 9.16 Å². The van der Waals surface area contributed by atoms with Gasteiger partial charge in [-0.3, -0.25) is 0 Å². The number of likely N-dealkylation sites (tertiary alicyclic amines) is 1. The zero-order chi connectivity index (χ0) is 20.2. The SMILES string of the molecule is CC=C=C(CO[Si](C)(C)C(C)(C)C)C1CCCCN1C(=O)OC(C)(C)C. The van der Waals surface area contributed by atoms with E-state index in [0.29, 0.717) is 6.61 Å². The van der Waals surface area contributed by atoms with Crippen molar-refractivity contribution in [2.24, 2.45) is 0 Å². The smallest absolute Gasteiger partial charge is 0.410 e. The monoisotopic (exact) mass is 381 g/mol. The highest BCUT2D eigenvalue weighted by atomic mass is 28.4. The summed E-state index contributed by atoms with van der Waals surface area (Å²) in [4.78, 5) is 14.6. The van der Waals surface area contributed by atoms with Gasteiger partial charge in [0.15, 0.2) is 8.32 Å². The minimum Gasteiger partial charge on any atom is -0.444 e. The second-order valence-electron chi connectivity index (χ2n) is 9.69. The predicted molar refractivity (Wildman–Crippen MR) is 111 cm³/mol. The van der Waals surface area contributed by atoms with Gasteiger partial charge in [-0.05, 0) is 71.2 Å². The molecule has 0 N–H and O–H groups in total. The summed E-state index contributed by atoms with van der Waals surface area (Å²) in [6.45, 7) is 20.2. The number of ether oxygens (including phenoxy) is 1. The summed E-state index contributed by atoms with van der Waals surface area (Å²) >= 11 is 0. The van der Waals surface area contributed by atoms with Crippen molar-refractivity contribution < 1.29 is 14.0 Å². The maximum absolute atomic E-state index is 12.7. The third-order valence-corrected chi connectivity index (χ3v) is 9.74. The van der Waals surface area contributed by atoms with Crippen molar-refractivity contribution in [3.8, 4) is 0 Å². The Morgan fingerprint density at radius 3 is 2.31 bits per heavy atom. The minimum absolute atomic E-state index is 0.0135. The van der Waals surface area contributed by atoms with Gasteiger partial charge in [0.1, 0.15) is 5.60 Å². The van der Waals surface area contributed by atoms with Crippen LogP contribution >= 0.6 is 0 Å². The summed E-state index contributed by atoms with van der Waals surface area (Å²) in [5.41, 5.74) is 3.94. The number of carbonyl (C=O) groups excluding carboxylic acids is 1. The van der Waals surface area contributed by atoms with Crippen molar-refractivity contribution in [3.05, 3.63) is 17.4 Å². The molecule has 0 aromatic heterocycles. The van der Waals surface area contributed by atoms with Crippen LogP contribution in [0.2, 0.25) is 18.1 Å². The van der Waals surface area contributed by atoms with Crippen molar-refractivity contribution in [2.75, 3.05) is 13.2 Å². The van der Waals surface area contributed by atoms with E-state index in [1.165, 1.54) is 0 Å². The second kappa shape index (κ2) is 8.77. The molecule has 1 saturated heterocycles. The van der Waals surface area contributed by atoms with Crippen LogP contribution in [0.1, 0.15) is 67.7 Å². The molecule has 1 rings (SSSR count). The number of carbonyl (C=O) groups is 1. The van der Waals surface area contributed by atoms with Crippen LogP contribution in [-0.4, -0.2) is 44.1 Å². The number of hydrogen-bond acceptors (Lipinski definition) is 3. The number of hydrogen-bond donors (Lipinski definition) is 0. The zero-order valence-corrected chi connectivity index (χ0v) is 19.4. The fourth-order valence-corrected chi connectivity index (χ4v) is 3.68. The molecule has 26 heavy (non-hydrogen) atoms. The van der Waals surface area contributed by atoms with E-state index in [-0.39, 0.29) is 17.2 Å². The summed E-state index contributed by atoms with van der Waals surface area (Å²) in [5.74, 6) is 0. The molecular formula is C21H39NO3Si. The highest BCUT2D eigenvalue weighted by molar-refractivity contribution is 6.74. The summed E-state index contributed by atoms with van der Waals surface area (Å²) < 4.78 is 12.1. The summed E-state index contributed by atoms with van der Waals surface area (Å²) in [7, 11) is -1.86. The lowest BCUT2D eigenvalue weighted by Gasteiger charge is -2.40. The largest absolute Gasteiger partial charge is 0.444 e. The van der Waals surface area contributed by atoms with E-state index >= 15 is 0 Å². The predicted octanol–water partition coefficient (Wildman–Crippen LogP) is 5.90. The van der Waals surface area contributed by atoms with Crippen molar-refractivity contribution in [1.82, 2.24) is 4.90 Å². The second-order valence-corrected chi connectivity index (χ2v) is 14.5. The van der Waals surface area contributed by atoms with Crippen LogP contribution in [-0.2, 0) is 9.16 Å². The number of nitrogens with zero attached hydrogens (tertiary/aromatic N) is 1. The molecule has 0 aromatic rings. The van der Waals surface area contributed by atoms with Gasteiger partial charge in [0.25, 0.3) is 0 Å².